The highest BCUT2D eigenvalue weighted by Crippen LogP contribution is 2.26. The molecule has 0 atom stereocenters. The summed E-state index contributed by atoms with van der Waals surface area (Å²) in [6.45, 7) is 0.688. The van der Waals surface area contributed by atoms with E-state index >= 15 is 0 Å². The standard InChI is InChI=1S/C15H14O2S/c16-15-6-3-11-10-12(4-5-14(11)15)17-8-7-13-2-1-9-18-13/h1-2,4-5,9-10H,3,6-8H2. The molecule has 0 saturated heterocycles. The first-order chi connectivity index (χ1) is 8.83. The van der Waals surface area contributed by atoms with Gasteiger partial charge in [0.05, 0.1) is 6.61 Å². The van der Waals surface area contributed by atoms with E-state index in [2.05, 4.69) is 17.5 Å². The Hall–Kier alpha value is -1.61. The van der Waals surface area contributed by atoms with Crippen LogP contribution in [-0.2, 0) is 12.8 Å². The highest BCUT2D eigenvalue weighted by atomic mass is 32.1. The molecule has 3 heteroatoms. The average molecular weight is 258 g/mol. The molecule has 0 amide bonds. The summed E-state index contributed by atoms with van der Waals surface area (Å²) in [5.41, 5.74) is 2.01. The highest BCUT2D eigenvalue weighted by Gasteiger charge is 2.19. The number of aryl methyl sites for hydroxylation is 1. The van der Waals surface area contributed by atoms with Crippen molar-refractivity contribution >= 4 is 17.1 Å². The van der Waals surface area contributed by atoms with Crippen molar-refractivity contribution in [3.63, 3.8) is 0 Å². The smallest absolute Gasteiger partial charge is 0.163 e. The third kappa shape index (κ3) is 2.31. The molecular formula is C15H14O2S. The zero-order valence-electron chi connectivity index (χ0n) is 10.0. The summed E-state index contributed by atoms with van der Waals surface area (Å²) in [7, 11) is 0. The van der Waals surface area contributed by atoms with E-state index in [9.17, 15) is 4.79 Å². The van der Waals surface area contributed by atoms with Crippen LogP contribution in [-0.4, -0.2) is 12.4 Å². The molecule has 1 aliphatic rings. The molecule has 1 aromatic carbocycles. The van der Waals surface area contributed by atoms with Gasteiger partial charge in [0.15, 0.2) is 5.78 Å². The first-order valence-electron chi connectivity index (χ1n) is 6.14. The first-order valence-corrected chi connectivity index (χ1v) is 7.02. The molecule has 0 spiro atoms. The lowest BCUT2D eigenvalue weighted by Gasteiger charge is -2.07. The van der Waals surface area contributed by atoms with Gasteiger partial charge in [0.2, 0.25) is 0 Å². The maximum Gasteiger partial charge on any atom is 0.163 e. The SMILES string of the molecule is O=C1CCc2cc(OCCc3cccs3)ccc21. The van der Waals surface area contributed by atoms with Crippen LogP contribution in [0.1, 0.15) is 27.2 Å². The molecule has 1 aliphatic carbocycles. The Morgan fingerprint density at radius 1 is 1.22 bits per heavy atom. The molecule has 92 valence electrons. The van der Waals surface area contributed by atoms with Crippen LogP contribution < -0.4 is 4.74 Å². The first kappa shape index (κ1) is 11.5. The Kier molecular flexibility index (Phi) is 3.15. The number of benzene rings is 1. The molecule has 2 nitrogen and oxygen atoms in total. The number of fused-ring (bicyclic) bond motifs is 1. The Labute approximate surface area is 110 Å². The third-order valence-electron chi connectivity index (χ3n) is 3.20. The van der Waals surface area contributed by atoms with Crippen LogP contribution in [0.2, 0.25) is 0 Å². The number of thiophene rings is 1. The van der Waals surface area contributed by atoms with Gasteiger partial charge in [-0.1, -0.05) is 6.07 Å². The van der Waals surface area contributed by atoms with Crippen molar-refractivity contribution in [3.05, 3.63) is 51.7 Å². The van der Waals surface area contributed by atoms with E-state index in [4.69, 9.17) is 4.74 Å². The van der Waals surface area contributed by atoms with Gasteiger partial charge in [0, 0.05) is 23.3 Å². The van der Waals surface area contributed by atoms with E-state index < -0.39 is 0 Å². The minimum atomic E-state index is 0.259. The molecule has 3 rings (SSSR count). The monoisotopic (exact) mass is 258 g/mol. The van der Waals surface area contributed by atoms with Crippen LogP contribution in [0.15, 0.2) is 35.7 Å². The maximum atomic E-state index is 11.5. The second kappa shape index (κ2) is 4.94. The van der Waals surface area contributed by atoms with Gasteiger partial charge in [-0.15, -0.1) is 11.3 Å². The average Bonchev–Trinajstić information content (AvgIpc) is 3.00. The Bertz CT molecular complexity index is 558. The molecular weight excluding hydrogens is 244 g/mol. The van der Waals surface area contributed by atoms with E-state index in [0.29, 0.717) is 13.0 Å². The Morgan fingerprint density at radius 3 is 3.00 bits per heavy atom. The van der Waals surface area contributed by atoms with Crippen molar-refractivity contribution in [2.45, 2.75) is 19.3 Å². The van der Waals surface area contributed by atoms with E-state index in [-0.39, 0.29) is 5.78 Å². The lowest BCUT2D eigenvalue weighted by Crippen LogP contribution is -2.00. The summed E-state index contributed by atoms with van der Waals surface area (Å²) in [6, 6.07) is 9.98. The summed E-state index contributed by atoms with van der Waals surface area (Å²) in [4.78, 5) is 12.8. The molecule has 2 aromatic rings. The van der Waals surface area contributed by atoms with Crippen LogP contribution in [0.5, 0.6) is 5.75 Å². The van der Waals surface area contributed by atoms with Crippen LogP contribution >= 0.6 is 11.3 Å². The van der Waals surface area contributed by atoms with E-state index in [1.54, 1.807) is 11.3 Å². The topological polar surface area (TPSA) is 26.3 Å². The minimum Gasteiger partial charge on any atom is -0.493 e. The van der Waals surface area contributed by atoms with Crippen molar-refractivity contribution in [2.75, 3.05) is 6.61 Å². The molecule has 0 bridgehead atoms. The van der Waals surface area contributed by atoms with Crippen LogP contribution in [0.25, 0.3) is 0 Å². The highest BCUT2D eigenvalue weighted by molar-refractivity contribution is 7.09. The predicted octanol–water partition coefficient (Wildman–Crippen LogP) is 3.50. The summed E-state index contributed by atoms with van der Waals surface area (Å²) in [5, 5.41) is 2.08. The summed E-state index contributed by atoms with van der Waals surface area (Å²) >= 11 is 1.75. The van der Waals surface area contributed by atoms with Crippen LogP contribution in [0.4, 0.5) is 0 Å². The van der Waals surface area contributed by atoms with Crippen molar-refractivity contribution < 1.29 is 9.53 Å². The van der Waals surface area contributed by atoms with Gasteiger partial charge in [0.1, 0.15) is 5.75 Å². The van der Waals surface area contributed by atoms with Gasteiger partial charge in [-0.3, -0.25) is 4.79 Å². The van der Waals surface area contributed by atoms with Gasteiger partial charge in [-0.2, -0.15) is 0 Å². The number of carbonyl (C=O) groups excluding carboxylic acids is 1. The maximum absolute atomic E-state index is 11.5. The lowest BCUT2D eigenvalue weighted by molar-refractivity contribution is 0.0994. The van der Waals surface area contributed by atoms with Gasteiger partial charge >= 0.3 is 0 Å². The van der Waals surface area contributed by atoms with Crippen molar-refractivity contribution in [2.24, 2.45) is 0 Å². The summed E-state index contributed by atoms with van der Waals surface area (Å²) in [5.74, 6) is 1.13. The van der Waals surface area contributed by atoms with Crippen LogP contribution in [0, 0.1) is 0 Å². The number of hydrogen-bond donors (Lipinski definition) is 0. The summed E-state index contributed by atoms with van der Waals surface area (Å²) in [6.07, 6.45) is 2.44. The lowest BCUT2D eigenvalue weighted by atomic mass is 10.1. The van der Waals surface area contributed by atoms with E-state index in [1.807, 2.05) is 18.2 Å². The molecule has 0 fully saturated rings. The second-order valence-corrected chi connectivity index (χ2v) is 5.45. The Balaban J connectivity index is 1.62. The number of ether oxygens (including phenoxy) is 1. The zero-order chi connectivity index (χ0) is 12.4. The Morgan fingerprint density at radius 2 is 2.17 bits per heavy atom. The number of hydrogen-bond acceptors (Lipinski definition) is 3. The molecule has 0 N–H and O–H groups in total. The van der Waals surface area contributed by atoms with E-state index in [0.717, 1.165) is 29.7 Å². The molecule has 0 saturated carbocycles. The normalized spacial score (nSPS) is 13.7. The number of carbonyl (C=O) groups is 1. The molecule has 18 heavy (non-hydrogen) atoms. The third-order valence-corrected chi connectivity index (χ3v) is 4.13. The van der Waals surface area contributed by atoms with Gasteiger partial charge in [-0.05, 0) is 41.6 Å². The van der Waals surface area contributed by atoms with Gasteiger partial charge in [-0.25, -0.2) is 0 Å². The molecule has 0 radical (unpaired) electrons. The van der Waals surface area contributed by atoms with Crippen LogP contribution in [0.3, 0.4) is 0 Å². The number of rotatable bonds is 4. The predicted molar refractivity (Wildman–Crippen MR) is 72.6 cm³/mol. The fourth-order valence-electron chi connectivity index (χ4n) is 2.25. The minimum absolute atomic E-state index is 0.259. The van der Waals surface area contributed by atoms with Crippen molar-refractivity contribution in [1.82, 2.24) is 0 Å². The van der Waals surface area contributed by atoms with E-state index in [1.165, 1.54) is 4.88 Å². The molecule has 0 aliphatic heterocycles. The molecule has 1 aromatic heterocycles. The fraction of sp³-hybridized carbons (Fsp3) is 0.267. The van der Waals surface area contributed by atoms with Crippen molar-refractivity contribution in [3.8, 4) is 5.75 Å². The van der Waals surface area contributed by atoms with Gasteiger partial charge < -0.3 is 4.74 Å². The second-order valence-electron chi connectivity index (χ2n) is 4.42. The molecule has 0 unspecified atom stereocenters. The molecule has 1 heterocycles. The number of Topliss-reactive ketones (excluding diaryl/α,β-unsaturated/α-hetero) is 1. The zero-order valence-corrected chi connectivity index (χ0v) is 10.8. The quantitative estimate of drug-likeness (QED) is 0.839. The summed E-state index contributed by atoms with van der Waals surface area (Å²) < 4.78 is 5.74. The van der Waals surface area contributed by atoms with Crippen molar-refractivity contribution in [1.29, 1.82) is 0 Å². The number of ketones is 1. The fourth-order valence-corrected chi connectivity index (χ4v) is 2.94. The largest absolute Gasteiger partial charge is 0.493 e. The van der Waals surface area contributed by atoms with Gasteiger partial charge in [0.25, 0.3) is 0 Å².